The maximum Gasteiger partial charge on any atom is 0.148 e. The molecule has 3 heterocycles. The van der Waals surface area contributed by atoms with E-state index in [9.17, 15) is 0 Å². The molecule has 3 aromatic rings. The Balaban J connectivity index is 1.28. The van der Waals surface area contributed by atoms with Gasteiger partial charge in [0.15, 0.2) is 0 Å². The third kappa shape index (κ3) is 5.24. The molecule has 0 spiro atoms. The first kappa shape index (κ1) is 22.8. The molecule has 33 heavy (non-hydrogen) atoms. The molecule has 2 fully saturated rings. The van der Waals surface area contributed by atoms with Gasteiger partial charge in [0.25, 0.3) is 0 Å². The zero-order valence-electron chi connectivity index (χ0n) is 19.3. The molecule has 1 unspecified atom stereocenters. The van der Waals surface area contributed by atoms with E-state index in [4.69, 9.17) is 14.7 Å². The van der Waals surface area contributed by atoms with Gasteiger partial charge in [-0.15, -0.1) is 0 Å². The number of hydrogen-bond acceptors (Lipinski definition) is 8. The number of aromatic nitrogens is 2. The van der Waals surface area contributed by atoms with Gasteiger partial charge in [-0.05, 0) is 55.3 Å². The van der Waals surface area contributed by atoms with Gasteiger partial charge in [-0.1, -0.05) is 12.1 Å². The lowest BCUT2D eigenvalue weighted by atomic mass is 10.2. The number of rotatable bonds is 6. The van der Waals surface area contributed by atoms with Crippen LogP contribution in [0.4, 0.5) is 5.82 Å². The topological polar surface area (TPSA) is 44.7 Å². The summed E-state index contributed by atoms with van der Waals surface area (Å²) >= 11 is 3.86. The Morgan fingerprint density at radius 1 is 0.909 bits per heavy atom. The summed E-state index contributed by atoms with van der Waals surface area (Å²) in [5, 5.41) is 1.17. The van der Waals surface area contributed by atoms with Crippen LogP contribution < -0.4 is 9.64 Å². The summed E-state index contributed by atoms with van der Waals surface area (Å²) in [6.07, 6.45) is 0. The molecule has 8 heteroatoms. The number of benzene rings is 2. The lowest BCUT2D eigenvalue weighted by molar-refractivity contribution is 0.146. The van der Waals surface area contributed by atoms with Gasteiger partial charge in [0, 0.05) is 61.1 Å². The highest BCUT2D eigenvalue weighted by Crippen LogP contribution is 2.31. The summed E-state index contributed by atoms with van der Waals surface area (Å²) < 4.78 is 7.72. The average molecular weight is 482 g/mol. The molecule has 2 aliphatic heterocycles. The minimum atomic E-state index is 0.195. The summed E-state index contributed by atoms with van der Waals surface area (Å²) in [5.74, 6) is 5.28. The van der Waals surface area contributed by atoms with Gasteiger partial charge in [0.2, 0.25) is 0 Å². The van der Waals surface area contributed by atoms with Crippen molar-refractivity contribution in [1.29, 1.82) is 0 Å². The van der Waals surface area contributed by atoms with Gasteiger partial charge >= 0.3 is 0 Å². The fourth-order valence-electron chi connectivity index (χ4n) is 4.41. The molecular formula is C25H31N5OS2. The average Bonchev–Trinajstić information content (AvgIpc) is 2.89. The number of hydrogen-bond donors (Lipinski definition) is 0. The van der Waals surface area contributed by atoms with Gasteiger partial charge in [-0.2, -0.15) is 11.8 Å². The maximum atomic E-state index is 5.27. The van der Waals surface area contributed by atoms with Gasteiger partial charge in [-0.25, -0.2) is 14.3 Å². The molecular weight excluding hydrogens is 450 g/mol. The summed E-state index contributed by atoms with van der Waals surface area (Å²) in [6, 6.07) is 17.0. The highest BCUT2D eigenvalue weighted by Gasteiger charge is 2.26. The van der Waals surface area contributed by atoms with Crippen LogP contribution in [-0.4, -0.2) is 77.1 Å². The number of methoxy groups -OCH3 is 1. The molecule has 0 bridgehead atoms. The standard InChI is InChI=1S/C25H31N5OS2/c1-19(28-11-13-30(14-12-28)33-21-9-7-20(31-2)8-10-21)24-26-23-6-4-3-5-22(23)25(27-24)29-15-17-32-18-16-29/h3-10,19H,11-18H2,1-2H3. The number of anilines is 1. The number of nitrogens with zero attached hydrogens (tertiary/aromatic N) is 5. The van der Waals surface area contributed by atoms with E-state index in [-0.39, 0.29) is 6.04 Å². The van der Waals surface area contributed by atoms with Crippen molar-refractivity contribution in [3.8, 4) is 5.75 Å². The van der Waals surface area contributed by atoms with Crippen LogP contribution in [0.5, 0.6) is 5.75 Å². The van der Waals surface area contributed by atoms with Gasteiger partial charge in [-0.3, -0.25) is 4.90 Å². The van der Waals surface area contributed by atoms with Crippen LogP contribution in [0.15, 0.2) is 53.4 Å². The van der Waals surface area contributed by atoms with Crippen molar-refractivity contribution in [3.63, 3.8) is 0 Å². The number of ether oxygens (including phenoxy) is 1. The smallest absolute Gasteiger partial charge is 0.148 e. The molecule has 0 aliphatic carbocycles. The first-order valence-corrected chi connectivity index (χ1v) is 13.5. The second-order valence-electron chi connectivity index (χ2n) is 8.43. The predicted molar refractivity (Wildman–Crippen MR) is 139 cm³/mol. The number of thioether (sulfide) groups is 1. The Labute approximate surface area is 204 Å². The molecule has 174 valence electrons. The summed E-state index contributed by atoms with van der Waals surface area (Å²) in [6.45, 7) is 8.43. The third-order valence-electron chi connectivity index (χ3n) is 6.40. The monoisotopic (exact) mass is 481 g/mol. The van der Waals surface area contributed by atoms with Gasteiger partial charge < -0.3 is 9.64 Å². The number of piperazine rings is 1. The molecule has 2 saturated heterocycles. The molecule has 6 nitrogen and oxygen atoms in total. The maximum absolute atomic E-state index is 5.27. The largest absolute Gasteiger partial charge is 0.497 e. The first-order valence-electron chi connectivity index (χ1n) is 11.6. The Hall–Kier alpha value is -2.00. The lowest BCUT2D eigenvalue weighted by Crippen LogP contribution is -2.44. The summed E-state index contributed by atoms with van der Waals surface area (Å²) in [5.41, 5.74) is 1.05. The highest BCUT2D eigenvalue weighted by molar-refractivity contribution is 7.99. The minimum Gasteiger partial charge on any atom is -0.497 e. The summed E-state index contributed by atoms with van der Waals surface area (Å²) in [7, 11) is 1.70. The molecule has 2 aliphatic rings. The van der Waals surface area contributed by atoms with Crippen molar-refractivity contribution < 1.29 is 4.74 Å². The highest BCUT2D eigenvalue weighted by atomic mass is 32.2. The molecule has 1 aromatic heterocycles. The number of para-hydroxylation sites is 1. The van der Waals surface area contributed by atoms with Crippen LogP contribution in [0.25, 0.3) is 10.9 Å². The van der Waals surface area contributed by atoms with E-state index in [1.807, 2.05) is 35.8 Å². The molecule has 0 amide bonds. The Morgan fingerprint density at radius 2 is 1.64 bits per heavy atom. The normalized spacial score (nSPS) is 19.0. The molecule has 0 saturated carbocycles. The Morgan fingerprint density at radius 3 is 2.36 bits per heavy atom. The SMILES string of the molecule is COc1ccc(SN2CCN(C(C)c3nc(N4CCSCC4)c4ccccc4n3)CC2)cc1. The van der Waals surface area contributed by atoms with Crippen LogP contribution in [0, 0.1) is 0 Å². The molecule has 0 N–H and O–H groups in total. The van der Waals surface area contributed by atoms with Crippen LogP contribution in [0.1, 0.15) is 18.8 Å². The van der Waals surface area contributed by atoms with E-state index in [0.717, 1.165) is 73.7 Å². The predicted octanol–water partition coefficient (Wildman–Crippen LogP) is 4.58. The van der Waals surface area contributed by atoms with E-state index in [1.54, 1.807) is 7.11 Å². The fraction of sp³-hybridized carbons (Fsp3) is 0.440. The van der Waals surface area contributed by atoms with Crippen molar-refractivity contribution in [2.75, 3.05) is 62.8 Å². The van der Waals surface area contributed by atoms with Crippen molar-refractivity contribution in [3.05, 3.63) is 54.4 Å². The molecule has 5 rings (SSSR count). The van der Waals surface area contributed by atoms with Crippen LogP contribution >= 0.6 is 23.7 Å². The first-order chi connectivity index (χ1) is 16.2. The quantitative estimate of drug-likeness (QED) is 0.474. The molecule has 2 aromatic carbocycles. The molecule has 1 atom stereocenters. The van der Waals surface area contributed by atoms with Crippen LogP contribution in [0.3, 0.4) is 0 Å². The van der Waals surface area contributed by atoms with E-state index in [2.05, 4.69) is 57.4 Å². The third-order valence-corrected chi connectivity index (χ3v) is 8.45. The van der Waals surface area contributed by atoms with Crippen LogP contribution in [0.2, 0.25) is 0 Å². The van der Waals surface area contributed by atoms with E-state index >= 15 is 0 Å². The second kappa shape index (κ2) is 10.5. The second-order valence-corrected chi connectivity index (χ2v) is 10.8. The van der Waals surface area contributed by atoms with E-state index in [0.29, 0.717) is 0 Å². The molecule has 0 radical (unpaired) electrons. The fourth-order valence-corrected chi connectivity index (χ4v) is 6.22. The van der Waals surface area contributed by atoms with Crippen molar-refractivity contribution in [1.82, 2.24) is 19.2 Å². The number of fused-ring (bicyclic) bond motifs is 1. The van der Waals surface area contributed by atoms with Gasteiger partial charge in [0.1, 0.15) is 17.4 Å². The summed E-state index contributed by atoms with van der Waals surface area (Å²) in [4.78, 5) is 16.3. The zero-order chi connectivity index (χ0) is 22.6. The van der Waals surface area contributed by atoms with Crippen molar-refractivity contribution in [2.24, 2.45) is 0 Å². The minimum absolute atomic E-state index is 0.195. The lowest BCUT2D eigenvalue weighted by Gasteiger charge is -2.37. The van der Waals surface area contributed by atoms with Crippen molar-refractivity contribution >= 4 is 40.4 Å². The van der Waals surface area contributed by atoms with E-state index < -0.39 is 0 Å². The van der Waals surface area contributed by atoms with E-state index in [1.165, 1.54) is 10.3 Å². The van der Waals surface area contributed by atoms with Crippen LogP contribution in [-0.2, 0) is 0 Å². The van der Waals surface area contributed by atoms with Crippen molar-refractivity contribution in [2.45, 2.75) is 17.9 Å². The van der Waals surface area contributed by atoms with Gasteiger partial charge in [0.05, 0.1) is 18.7 Å². The zero-order valence-corrected chi connectivity index (χ0v) is 20.9. The Kier molecular flexibility index (Phi) is 7.25. The Bertz CT molecular complexity index is 1070.